The van der Waals surface area contributed by atoms with Crippen LogP contribution in [0.15, 0.2) is 48.5 Å². The van der Waals surface area contributed by atoms with Crippen molar-refractivity contribution in [1.29, 1.82) is 0 Å². The van der Waals surface area contributed by atoms with Gasteiger partial charge < -0.3 is 9.47 Å². The lowest BCUT2D eigenvalue weighted by atomic mass is 9.85. The molecule has 0 spiro atoms. The molecular formula is C24H25B3F2O7S. The first-order valence-corrected chi connectivity index (χ1v) is 13.2. The lowest BCUT2D eigenvalue weighted by Crippen LogP contribution is -2.42. The summed E-state index contributed by atoms with van der Waals surface area (Å²) in [5, 5.41) is -4.17. The van der Waals surface area contributed by atoms with Crippen LogP contribution in [-0.4, -0.2) is 59.8 Å². The molecule has 3 rings (SSSR count). The minimum absolute atomic E-state index is 0.145. The Morgan fingerprint density at radius 1 is 0.919 bits per heavy atom. The fourth-order valence-electron chi connectivity index (χ4n) is 4.00. The van der Waals surface area contributed by atoms with Crippen LogP contribution in [0, 0.1) is 0 Å². The van der Waals surface area contributed by atoms with Crippen molar-refractivity contribution in [3.05, 3.63) is 76.3 Å². The Labute approximate surface area is 216 Å². The molecule has 0 saturated carbocycles. The normalized spacial score (nSPS) is 12.8. The molecule has 0 amide bonds. The van der Waals surface area contributed by atoms with Crippen LogP contribution in [-0.2, 0) is 33.8 Å². The summed E-state index contributed by atoms with van der Waals surface area (Å²) >= 11 is 0. The van der Waals surface area contributed by atoms with Crippen molar-refractivity contribution >= 4 is 56.4 Å². The van der Waals surface area contributed by atoms with Crippen molar-refractivity contribution in [3.63, 3.8) is 0 Å². The minimum Gasteiger partial charge on any atom is -0.451 e. The van der Waals surface area contributed by atoms with E-state index in [0.717, 1.165) is 23.0 Å². The molecule has 0 aromatic heterocycles. The summed E-state index contributed by atoms with van der Waals surface area (Å²) in [7, 11) is 0.170. The highest BCUT2D eigenvalue weighted by molar-refractivity contribution is 7.86. The number of halogens is 2. The van der Waals surface area contributed by atoms with Crippen LogP contribution in [0.25, 0.3) is 10.8 Å². The Bertz CT molecular complexity index is 1440. The van der Waals surface area contributed by atoms with Crippen molar-refractivity contribution in [2.45, 2.75) is 37.2 Å². The number of rotatable bonds is 9. The molecule has 1 atom stereocenters. The van der Waals surface area contributed by atoms with Crippen LogP contribution < -0.4 is 4.74 Å². The quantitative estimate of drug-likeness (QED) is 0.194. The zero-order chi connectivity index (χ0) is 27.5. The van der Waals surface area contributed by atoms with E-state index >= 15 is 0 Å². The Morgan fingerprint density at radius 3 is 1.84 bits per heavy atom. The zero-order valence-electron chi connectivity index (χ0n) is 20.9. The molecule has 192 valence electrons. The molecule has 3 aromatic rings. The molecule has 0 fully saturated rings. The fraction of sp³-hybridized carbons (Fsp3) is 0.250. The van der Waals surface area contributed by atoms with E-state index in [2.05, 4.69) is 4.74 Å². The first-order chi connectivity index (χ1) is 17.3. The fourth-order valence-corrected chi connectivity index (χ4v) is 4.47. The number of fused-ring (bicyclic) bond motifs is 1. The highest BCUT2D eigenvalue weighted by atomic mass is 32.2. The molecule has 1 unspecified atom stereocenters. The van der Waals surface area contributed by atoms with Gasteiger partial charge in [0.15, 0.2) is 6.10 Å². The molecule has 7 nitrogen and oxygen atoms in total. The van der Waals surface area contributed by atoms with E-state index in [1.165, 1.54) is 30.3 Å². The van der Waals surface area contributed by atoms with Gasteiger partial charge in [-0.1, -0.05) is 60.9 Å². The van der Waals surface area contributed by atoms with Gasteiger partial charge in [-0.15, -0.1) is 0 Å². The molecule has 0 aliphatic rings. The molecular weight excluding hydrogens is 503 g/mol. The largest absolute Gasteiger partial charge is 0.451 e. The number of esters is 2. The predicted octanol–water partition coefficient (Wildman–Crippen LogP) is 1.48. The molecule has 13 heteroatoms. The van der Waals surface area contributed by atoms with E-state index in [4.69, 9.17) is 9.29 Å². The summed E-state index contributed by atoms with van der Waals surface area (Å²) in [5.74, 6) is -1.42. The first kappa shape index (κ1) is 28.4. The Balaban J connectivity index is 1.99. The molecule has 0 heterocycles. The van der Waals surface area contributed by atoms with Crippen LogP contribution >= 0.6 is 0 Å². The van der Waals surface area contributed by atoms with E-state index in [1.807, 2.05) is 35.7 Å². The maximum Gasteiger partial charge on any atom is 0.405 e. The number of carbonyl (C=O) groups is 2. The second kappa shape index (κ2) is 11.1. The number of ether oxygens (including phenoxy) is 2. The Morgan fingerprint density at radius 2 is 1.41 bits per heavy atom. The molecule has 0 aliphatic carbocycles. The Kier molecular flexibility index (Phi) is 8.49. The SMILES string of the molecule is BCc1cc(CB)c(OC(=O)c2cccc3c(C(=O)OC(C)C(F)(F)S(=O)(=O)O)cccc23)c(CB)c1. The second-order valence-corrected chi connectivity index (χ2v) is 9.98. The maximum atomic E-state index is 13.9. The summed E-state index contributed by atoms with van der Waals surface area (Å²) in [6.07, 6.45) is -0.321. The average Bonchev–Trinajstić information content (AvgIpc) is 2.86. The molecule has 0 radical (unpaired) electrons. The third-order valence-corrected chi connectivity index (χ3v) is 7.15. The Hall–Kier alpha value is -3.18. The van der Waals surface area contributed by atoms with Crippen LogP contribution in [0.3, 0.4) is 0 Å². The van der Waals surface area contributed by atoms with E-state index in [-0.39, 0.29) is 16.5 Å². The number of hydrogen-bond acceptors (Lipinski definition) is 6. The molecule has 0 saturated heterocycles. The third-order valence-electron chi connectivity index (χ3n) is 6.13. The number of carbonyl (C=O) groups excluding carboxylic acids is 2. The van der Waals surface area contributed by atoms with Gasteiger partial charge in [-0.25, -0.2) is 9.59 Å². The summed E-state index contributed by atoms with van der Waals surface area (Å²) in [5.41, 5.74) is 2.90. The van der Waals surface area contributed by atoms with Gasteiger partial charge in [-0.3, -0.25) is 4.55 Å². The lowest BCUT2D eigenvalue weighted by Gasteiger charge is -2.21. The maximum absolute atomic E-state index is 13.9. The minimum atomic E-state index is -5.81. The van der Waals surface area contributed by atoms with Gasteiger partial charge in [0.2, 0.25) is 0 Å². The summed E-state index contributed by atoms with van der Waals surface area (Å²) in [6, 6.07) is 12.8. The third kappa shape index (κ3) is 5.72. The monoisotopic (exact) mass is 528 g/mol. The van der Waals surface area contributed by atoms with E-state index < -0.39 is 33.4 Å². The van der Waals surface area contributed by atoms with E-state index in [1.54, 1.807) is 6.07 Å². The number of alkyl halides is 2. The van der Waals surface area contributed by atoms with Gasteiger partial charge in [-0.05, 0) is 41.0 Å². The van der Waals surface area contributed by atoms with Gasteiger partial charge in [0.25, 0.3) is 0 Å². The second-order valence-electron chi connectivity index (χ2n) is 8.48. The molecule has 37 heavy (non-hydrogen) atoms. The van der Waals surface area contributed by atoms with Crippen molar-refractivity contribution in [1.82, 2.24) is 0 Å². The van der Waals surface area contributed by atoms with Gasteiger partial charge in [-0.2, -0.15) is 17.2 Å². The van der Waals surface area contributed by atoms with Crippen molar-refractivity contribution < 1.29 is 40.8 Å². The summed E-state index contributed by atoms with van der Waals surface area (Å²) in [6.45, 7) is 0.653. The van der Waals surface area contributed by atoms with Gasteiger partial charge in [0.05, 0.1) is 11.1 Å². The van der Waals surface area contributed by atoms with Crippen LogP contribution in [0.2, 0.25) is 0 Å². The van der Waals surface area contributed by atoms with Crippen molar-refractivity contribution in [3.8, 4) is 5.75 Å². The summed E-state index contributed by atoms with van der Waals surface area (Å²) in [4.78, 5) is 26.0. The van der Waals surface area contributed by atoms with E-state index in [0.29, 0.717) is 30.7 Å². The van der Waals surface area contributed by atoms with Crippen LogP contribution in [0.5, 0.6) is 5.75 Å². The highest BCUT2D eigenvalue weighted by Gasteiger charge is 2.52. The van der Waals surface area contributed by atoms with Gasteiger partial charge in [0.1, 0.15) is 29.3 Å². The number of benzene rings is 3. The molecule has 0 bridgehead atoms. The molecule has 3 aromatic carbocycles. The average molecular weight is 528 g/mol. The van der Waals surface area contributed by atoms with Gasteiger partial charge >= 0.3 is 27.3 Å². The first-order valence-electron chi connectivity index (χ1n) is 11.8. The van der Waals surface area contributed by atoms with Crippen molar-refractivity contribution in [2.24, 2.45) is 0 Å². The highest BCUT2D eigenvalue weighted by Crippen LogP contribution is 2.31. The topological polar surface area (TPSA) is 107 Å². The smallest absolute Gasteiger partial charge is 0.405 e. The summed E-state index contributed by atoms with van der Waals surface area (Å²) < 4.78 is 69.0. The van der Waals surface area contributed by atoms with E-state index in [9.17, 15) is 26.8 Å². The predicted molar refractivity (Wildman–Crippen MR) is 143 cm³/mol. The van der Waals surface area contributed by atoms with Crippen LogP contribution in [0.4, 0.5) is 8.78 Å². The zero-order valence-corrected chi connectivity index (χ0v) is 21.7. The molecule has 1 N–H and O–H groups in total. The lowest BCUT2D eigenvalue weighted by molar-refractivity contribution is -0.0548. The molecule has 0 aliphatic heterocycles. The van der Waals surface area contributed by atoms with Gasteiger partial charge in [0, 0.05) is 0 Å². The van der Waals surface area contributed by atoms with Crippen molar-refractivity contribution in [2.75, 3.05) is 0 Å². The standard InChI is InChI=1S/C24H25B3F2O7S/c1-13(24(28,29)37(32,33)34)35-22(30)19-6-2-5-18-17(19)4-3-7-20(18)23(31)36-21-15(11-26)8-14(10-25)9-16(21)12-27/h2-9,13H,10-12,25-27H2,1H3,(H,32,33,34). The van der Waals surface area contributed by atoms with Crippen LogP contribution in [0.1, 0.15) is 44.3 Å². The number of hydrogen-bond donors (Lipinski definition) is 1.